The summed E-state index contributed by atoms with van der Waals surface area (Å²) in [4.78, 5) is 0. The smallest absolute Gasteiger partial charge is 0.0807 e. The summed E-state index contributed by atoms with van der Waals surface area (Å²) >= 11 is 12.0. The Morgan fingerprint density at radius 3 is 2.35 bits per heavy atom. The molecule has 1 aromatic carbocycles. The molecule has 2 atom stereocenters. The maximum Gasteiger partial charge on any atom is 0.0807 e. The number of aliphatic hydroxyl groups excluding tert-OH is 1. The molecule has 1 nitrogen and oxygen atoms in total. The Morgan fingerprint density at radius 1 is 1.24 bits per heavy atom. The van der Waals surface area contributed by atoms with E-state index in [4.69, 9.17) is 23.2 Å². The van der Waals surface area contributed by atoms with Crippen molar-refractivity contribution in [3.63, 3.8) is 0 Å². The Morgan fingerprint density at radius 2 is 1.82 bits per heavy atom. The van der Waals surface area contributed by atoms with Crippen LogP contribution in [0.2, 0.25) is 10.0 Å². The van der Waals surface area contributed by atoms with Gasteiger partial charge in [0.1, 0.15) is 0 Å². The molecule has 3 heteroatoms. The summed E-state index contributed by atoms with van der Waals surface area (Å²) < 4.78 is 0. The lowest BCUT2D eigenvalue weighted by atomic mass is 9.78. The number of hydrogen-bond donors (Lipinski definition) is 1. The molecule has 0 aromatic heterocycles. The highest BCUT2D eigenvalue weighted by atomic mass is 35.5. The molecule has 1 aromatic rings. The fourth-order valence-electron chi connectivity index (χ4n) is 1.59. The van der Waals surface area contributed by atoms with E-state index in [-0.39, 0.29) is 5.41 Å². The normalized spacial score (nSPS) is 15.7. The number of aliphatic hydroxyl groups is 1. The van der Waals surface area contributed by atoms with E-state index >= 15 is 0 Å². The van der Waals surface area contributed by atoms with Gasteiger partial charge in [-0.05, 0) is 23.8 Å². The van der Waals surface area contributed by atoms with E-state index in [0.717, 1.165) is 5.56 Å². The molecule has 0 fully saturated rings. The zero-order chi connectivity index (χ0) is 13.2. The van der Waals surface area contributed by atoms with Crippen molar-refractivity contribution in [1.29, 1.82) is 0 Å². The Hall–Kier alpha value is -0.240. The predicted octanol–water partition coefficient (Wildman–Crippen LogP) is 5.10. The number of hydrogen-bond acceptors (Lipinski definition) is 1. The minimum Gasteiger partial charge on any atom is -0.388 e. The van der Waals surface area contributed by atoms with Gasteiger partial charge in [-0.2, -0.15) is 0 Å². The summed E-state index contributed by atoms with van der Waals surface area (Å²) in [5, 5.41) is 11.2. The van der Waals surface area contributed by atoms with Crippen LogP contribution in [0.4, 0.5) is 0 Å². The van der Waals surface area contributed by atoms with E-state index in [0.29, 0.717) is 22.4 Å². The van der Waals surface area contributed by atoms with Crippen LogP contribution in [-0.4, -0.2) is 5.11 Å². The second kappa shape index (κ2) is 5.60. The summed E-state index contributed by atoms with van der Waals surface area (Å²) in [7, 11) is 0. The van der Waals surface area contributed by atoms with Crippen molar-refractivity contribution in [2.45, 2.75) is 40.2 Å². The van der Waals surface area contributed by atoms with Crippen molar-refractivity contribution < 1.29 is 5.11 Å². The van der Waals surface area contributed by atoms with E-state index in [1.165, 1.54) is 0 Å². The highest BCUT2D eigenvalue weighted by Crippen LogP contribution is 2.37. The molecule has 0 radical (unpaired) electrons. The molecule has 1 rings (SSSR count). The zero-order valence-electron chi connectivity index (χ0n) is 10.8. The van der Waals surface area contributed by atoms with Gasteiger partial charge < -0.3 is 5.11 Å². The molecule has 0 saturated carbocycles. The van der Waals surface area contributed by atoms with Crippen LogP contribution in [0.25, 0.3) is 0 Å². The molecule has 96 valence electrons. The Kier molecular flexibility index (Phi) is 4.88. The predicted molar refractivity (Wildman–Crippen MR) is 74.7 cm³/mol. The second-order valence-corrected chi connectivity index (χ2v) is 6.45. The molecule has 0 spiro atoms. The van der Waals surface area contributed by atoms with Crippen LogP contribution < -0.4 is 0 Å². The average Bonchev–Trinajstić information content (AvgIpc) is 2.20. The quantitative estimate of drug-likeness (QED) is 0.813. The van der Waals surface area contributed by atoms with Crippen LogP contribution in [0.1, 0.15) is 45.8 Å². The highest BCUT2D eigenvalue weighted by molar-refractivity contribution is 6.42. The molecular formula is C14H20Cl2O. The van der Waals surface area contributed by atoms with Crippen LogP contribution >= 0.6 is 23.2 Å². The summed E-state index contributed by atoms with van der Waals surface area (Å²) in [5.41, 5.74) is 0.890. The van der Waals surface area contributed by atoms with Gasteiger partial charge in [-0.3, -0.25) is 0 Å². The molecule has 0 bridgehead atoms. The third-order valence-electron chi connectivity index (χ3n) is 3.40. The standard InChI is InChI=1S/C14H20Cl2O/c1-9(14(2,3)4)8-12(17)10-6-5-7-11(15)13(10)16/h5-7,9,12,17H,8H2,1-4H3. The van der Waals surface area contributed by atoms with E-state index in [1.807, 2.05) is 12.1 Å². The Labute approximate surface area is 114 Å². The van der Waals surface area contributed by atoms with Crippen molar-refractivity contribution in [2.75, 3.05) is 0 Å². The third-order valence-corrected chi connectivity index (χ3v) is 4.23. The van der Waals surface area contributed by atoms with Gasteiger partial charge in [0.15, 0.2) is 0 Å². The van der Waals surface area contributed by atoms with Crippen LogP contribution in [0.15, 0.2) is 18.2 Å². The first-order chi connectivity index (χ1) is 7.73. The minimum atomic E-state index is -0.560. The van der Waals surface area contributed by atoms with Gasteiger partial charge >= 0.3 is 0 Å². The first-order valence-corrected chi connectivity index (χ1v) is 6.61. The van der Waals surface area contributed by atoms with Gasteiger partial charge in [0.05, 0.1) is 16.1 Å². The topological polar surface area (TPSA) is 20.2 Å². The number of halogens is 2. The fraction of sp³-hybridized carbons (Fsp3) is 0.571. The van der Waals surface area contributed by atoms with E-state index in [2.05, 4.69) is 27.7 Å². The molecule has 0 heterocycles. The van der Waals surface area contributed by atoms with Gasteiger partial charge in [0.25, 0.3) is 0 Å². The lowest BCUT2D eigenvalue weighted by Crippen LogP contribution is -2.19. The van der Waals surface area contributed by atoms with Gasteiger partial charge in [0.2, 0.25) is 0 Å². The van der Waals surface area contributed by atoms with Crippen LogP contribution in [-0.2, 0) is 0 Å². The summed E-state index contributed by atoms with van der Waals surface area (Å²) in [6.45, 7) is 8.65. The van der Waals surface area contributed by atoms with Crippen LogP contribution in [0.5, 0.6) is 0 Å². The lowest BCUT2D eigenvalue weighted by molar-refractivity contribution is 0.111. The average molecular weight is 275 g/mol. The summed E-state index contributed by atoms with van der Waals surface area (Å²) in [6, 6.07) is 5.37. The Bertz CT molecular complexity index is 382. The third kappa shape index (κ3) is 3.87. The molecule has 0 aliphatic rings. The monoisotopic (exact) mass is 274 g/mol. The minimum absolute atomic E-state index is 0.173. The van der Waals surface area contributed by atoms with E-state index in [9.17, 15) is 5.11 Å². The molecule has 0 aliphatic heterocycles. The first-order valence-electron chi connectivity index (χ1n) is 5.85. The van der Waals surface area contributed by atoms with Crippen molar-refractivity contribution >= 4 is 23.2 Å². The number of rotatable bonds is 3. The largest absolute Gasteiger partial charge is 0.388 e. The van der Waals surface area contributed by atoms with Crippen molar-refractivity contribution in [1.82, 2.24) is 0 Å². The SMILES string of the molecule is CC(CC(O)c1cccc(Cl)c1Cl)C(C)(C)C. The summed E-state index contributed by atoms with van der Waals surface area (Å²) in [5.74, 6) is 0.396. The van der Waals surface area contributed by atoms with Crippen molar-refractivity contribution in [3.05, 3.63) is 33.8 Å². The molecular weight excluding hydrogens is 255 g/mol. The van der Waals surface area contributed by atoms with Crippen LogP contribution in [0, 0.1) is 11.3 Å². The molecule has 0 saturated heterocycles. The maximum atomic E-state index is 10.2. The molecule has 0 amide bonds. The maximum absolute atomic E-state index is 10.2. The fourth-order valence-corrected chi connectivity index (χ4v) is 2.03. The van der Waals surface area contributed by atoms with Crippen molar-refractivity contribution in [3.8, 4) is 0 Å². The second-order valence-electron chi connectivity index (χ2n) is 5.66. The van der Waals surface area contributed by atoms with Crippen LogP contribution in [0.3, 0.4) is 0 Å². The molecule has 2 unspecified atom stereocenters. The van der Waals surface area contributed by atoms with Crippen molar-refractivity contribution in [2.24, 2.45) is 11.3 Å². The molecule has 1 N–H and O–H groups in total. The first kappa shape index (κ1) is 14.8. The van der Waals surface area contributed by atoms with Gasteiger partial charge in [-0.1, -0.05) is 63.0 Å². The lowest BCUT2D eigenvalue weighted by Gasteiger charge is -2.29. The van der Waals surface area contributed by atoms with Gasteiger partial charge in [-0.25, -0.2) is 0 Å². The van der Waals surface area contributed by atoms with Gasteiger partial charge in [0, 0.05) is 5.56 Å². The molecule has 0 aliphatic carbocycles. The van der Waals surface area contributed by atoms with E-state index < -0.39 is 6.10 Å². The number of benzene rings is 1. The highest BCUT2D eigenvalue weighted by Gasteiger charge is 2.24. The molecule has 17 heavy (non-hydrogen) atoms. The summed E-state index contributed by atoms with van der Waals surface area (Å²) in [6.07, 6.45) is 0.124. The zero-order valence-corrected chi connectivity index (χ0v) is 12.3. The Balaban J connectivity index is 2.84. The van der Waals surface area contributed by atoms with Gasteiger partial charge in [-0.15, -0.1) is 0 Å². The van der Waals surface area contributed by atoms with E-state index in [1.54, 1.807) is 6.07 Å².